The lowest BCUT2D eigenvalue weighted by Crippen LogP contribution is -2.22. The third-order valence-electron chi connectivity index (χ3n) is 3.03. The standard InChI is InChI=1S/C14H19N3/c1-11-5-3-7-13(15)14(11)17(2)10-8-12-6-4-9-16-12/h3-7,9,16H,8,10,15H2,1-2H3. The molecule has 0 unspecified atom stereocenters. The van der Waals surface area contributed by atoms with E-state index >= 15 is 0 Å². The van der Waals surface area contributed by atoms with E-state index in [2.05, 4.69) is 36.0 Å². The SMILES string of the molecule is Cc1cccc(N)c1N(C)CCc1ccc[nH]1. The minimum absolute atomic E-state index is 0.846. The van der Waals surface area contributed by atoms with E-state index in [4.69, 9.17) is 5.73 Å². The molecule has 0 aliphatic heterocycles. The highest BCUT2D eigenvalue weighted by Crippen LogP contribution is 2.26. The number of likely N-dealkylation sites (N-methyl/N-ethyl adjacent to an activating group) is 1. The van der Waals surface area contributed by atoms with Gasteiger partial charge in [0, 0.05) is 31.9 Å². The van der Waals surface area contributed by atoms with Gasteiger partial charge in [-0.1, -0.05) is 12.1 Å². The molecule has 2 rings (SSSR count). The van der Waals surface area contributed by atoms with Crippen LogP contribution >= 0.6 is 0 Å². The van der Waals surface area contributed by atoms with Gasteiger partial charge in [-0.05, 0) is 30.7 Å². The number of nitrogens with one attached hydrogen (secondary N) is 1. The molecule has 0 saturated heterocycles. The van der Waals surface area contributed by atoms with Gasteiger partial charge in [0.05, 0.1) is 11.4 Å². The lowest BCUT2D eigenvalue weighted by Gasteiger charge is -2.23. The van der Waals surface area contributed by atoms with Gasteiger partial charge < -0.3 is 15.6 Å². The van der Waals surface area contributed by atoms with Gasteiger partial charge in [0.1, 0.15) is 0 Å². The number of nitrogens with two attached hydrogens (primary N) is 1. The average Bonchev–Trinajstić information content (AvgIpc) is 2.79. The van der Waals surface area contributed by atoms with Crippen molar-refractivity contribution in [1.29, 1.82) is 0 Å². The van der Waals surface area contributed by atoms with Crippen LogP contribution < -0.4 is 10.6 Å². The molecule has 3 heteroatoms. The first-order chi connectivity index (χ1) is 8.18. The largest absolute Gasteiger partial charge is 0.397 e. The van der Waals surface area contributed by atoms with Crippen LogP contribution in [0.5, 0.6) is 0 Å². The fourth-order valence-electron chi connectivity index (χ4n) is 2.13. The quantitative estimate of drug-likeness (QED) is 0.791. The lowest BCUT2D eigenvalue weighted by molar-refractivity contribution is 0.857. The summed E-state index contributed by atoms with van der Waals surface area (Å²) in [5, 5.41) is 0. The molecule has 3 nitrogen and oxygen atoms in total. The van der Waals surface area contributed by atoms with Gasteiger partial charge >= 0.3 is 0 Å². The molecule has 0 bridgehead atoms. The fourth-order valence-corrected chi connectivity index (χ4v) is 2.13. The molecular formula is C14H19N3. The first-order valence-electron chi connectivity index (χ1n) is 5.87. The van der Waals surface area contributed by atoms with Crippen LogP contribution in [0.25, 0.3) is 0 Å². The summed E-state index contributed by atoms with van der Waals surface area (Å²) in [5.41, 5.74) is 10.5. The summed E-state index contributed by atoms with van der Waals surface area (Å²) in [6, 6.07) is 10.2. The third-order valence-corrected chi connectivity index (χ3v) is 3.03. The predicted octanol–water partition coefficient (Wildman–Crippen LogP) is 2.58. The van der Waals surface area contributed by atoms with Gasteiger partial charge in [0.25, 0.3) is 0 Å². The molecule has 17 heavy (non-hydrogen) atoms. The number of hydrogen-bond acceptors (Lipinski definition) is 2. The van der Waals surface area contributed by atoms with E-state index in [1.165, 1.54) is 11.3 Å². The summed E-state index contributed by atoms with van der Waals surface area (Å²) in [5.74, 6) is 0. The van der Waals surface area contributed by atoms with E-state index in [1.54, 1.807) is 0 Å². The molecule has 1 heterocycles. The Labute approximate surface area is 102 Å². The molecule has 2 aromatic rings. The van der Waals surface area contributed by atoms with Crippen LogP contribution in [-0.2, 0) is 6.42 Å². The predicted molar refractivity (Wildman–Crippen MR) is 73.4 cm³/mol. The van der Waals surface area contributed by atoms with Crippen molar-refractivity contribution in [3.05, 3.63) is 47.8 Å². The Balaban J connectivity index is 2.07. The van der Waals surface area contributed by atoms with Crippen molar-refractivity contribution in [2.45, 2.75) is 13.3 Å². The molecule has 90 valence electrons. The van der Waals surface area contributed by atoms with Crippen LogP contribution in [0.15, 0.2) is 36.5 Å². The van der Waals surface area contributed by atoms with Crippen molar-refractivity contribution in [1.82, 2.24) is 4.98 Å². The van der Waals surface area contributed by atoms with E-state index in [-0.39, 0.29) is 0 Å². The lowest BCUT2D eigenvalue weighted by atomic mass is 10.1. The number of nitrogen functional groups attached to an aromatic ring is 1. The van der Waals surface area contributed by atoms with Crippen LogP contribution in [0.4, 0.5) is 11.4 Å². The van der Waals surface area contributed by atoms with Gasteiger partial charge in [-0.25, -0.2) is 0 Å². The van der Waals surface area contributed by atoms with E-state index in [0.717, 1.165) is 24.3 Å². The van der Waals surface area contributed by atoms with Crippen molar-refractivity contribution in [2.75, 3.05) is 24.2 Å². The molecule has 1 aromatic carbocycles. The monoisotopic (exact) mass is 229 g/mol. The van der Waals surface area contributed by atoms with Crippen LogP contribution in [0.3, 0.4) is 0 Å². The molecule has 0 aliphatic carbocycles. The second-order valence-corrected chi connectivity index (χ2v) is 4.38. The molecule has 0 spiro atoms. The zero-order valence-corrected chi connectivity index (χ0v) is 10.4. The minimum atomic E-state index is 0.846. The number of para-hydroxylation sites is 1. The maximum absolute atomic E-state index is 6.02. The Hall–Kier alpha value is -1.90. The van der Waals surface area contributed by atoms with E-state index in [9.17, 15) is 0 Å². The fraction of sp³-hybridized carbons (Fsp3) is 0.286. The van der Waals surface area contributed by atoms with Crippen LogP contribution in [0, 0.1) is 6.92 Å². The molecular weight excluding hydrogens is 210 g/mol. The van der Waals surface area contributed by atoms with Crippen molar-refractivity contribution >= 4 is 11.4 Å². The van der Waals surface area contributed by atoms with Gasteiger partial charge in [-0.15, -0.1) is 0 Å². The highest BCUT2D eigenvalue weighted by molar-refractivity contribution is 5.71. The van der Waals surface area contributed by atoms with Crippen molar-refractivity contribution < 1.29 is 0 Å². The number of H-pyrrole nitrogens is 1. The van der Waals surface area contributed by atoms with E-state index in [1.807, 2.05) is 24.4 Å². The van der Waals surface area contributed by atoms with Gasteiger partial charge in [0.15, 0.2) is 0 Å². The Morgan fingerprint density at radius 1 is 1.24 bits per heavy atom. The maximum Gasteiger partial charge on any atom is 0.0627 e. The zero-order valence-electron chi connectivity index (χ0n) is 10.4. The average molecular weight is 229 g/mol. The Kier molecular flexibility index (Phi) is 3.38. The van der Waals surface area contributed by atoms with E-state index < -0.39 is 0 Å². The summed E-state index contributed by atoms with van der Waals surface area (Å²) in [4.78, 5) is 5.43. The summed E-state index contributed by atoms with van der Waals surface area (Å²) in [6.45, 7) is 3.05. The number of nitrogens with zero attached hydrogens (tertiary/aromatic N) is 1. The van der Waals surface area contributed by atoms with Gasteiger partial charge in [0.2, 0.25) is 0 Å². The Bertz CT molecular complexity index is 454. The zero-order chi connectivity index (χ0) is 12.3. The first kappa shape index (κ1) is 11.6. The third kappa shape index (κ3) is 2.61. The second kappa shape index (κ2) is 4.95. The van der Waals surface area contributed by atoms with Crippen molar-refractivity contribution in [3.8, 4) is 0 Å². The molecule has 0 atom stereocenters. The number of hydrogen-bond donors (Lipinski definition) is 2. The number of rotatable bonds is 4. The minimum Gasteiger partial charge on any atom is -0.397 e. The summed E-state index contributed by atoms with van der Waals surface area (Å²) in [7, 11) is 2.08. The van der Waals surface area contributed by atoms with E-state index in [0.29, 0.717) is 0 Å². The maximum atomic E-state index is 6.02. The number of aromatic amines is 1. The first-order valence-corrected chi connectivity index (χ1v) is 5.87. The molecule has 0 saturated carbocycles. The van der Waals surface area contributed by atoms with Crippen LogP contribution in [-0.4, -0.2) is 18.6 Å². The number of anilines is 2. The molecule has 1 aromatic heterocycles. The highest BCUT2D eigenvalue weighted by Gasteiger charge is 2.08. The van der Waals surface area contributed by atoms with Crippen LogP contribution in [0.2, 0.25) is 0 Å². The molecule has 0 fully saturated rings. The van der Waals surface area contributed by atoms with Gasteiger partial charge in [-0.3, -0.25) is 0 Å². The molecule has 0 amide bonds. The van der Waals surface area contributed by atoms with Crippen LogP contribution in [0.1, 0.15) is 11.3 Å². The smallest absolute Gasteiger partial charge is 0.0627 e. The molecule has 3 N–H and O–H groups in total. The number of benzene rings is 1. The molecule has 0 aliphatic rings. The Morgan fingerprint density at radius 3 is 2.71 bits per heavy atom. The highest BCUT2D eigenvalue weighted by atomic mass is 15.1. The van der Waals surface area contributed by atoms with Crippen molar-refractivity contribution in [2.24, 2.45) is 0 Å². The second-order valence-electron chi connectivity index (χ2n) is 4.38. The van der Waals surface area contributed by atoms with Crippen molar-refractivity contribution in [3.63, 3.8) is 0 Å². The normalized spacial score (nSPS) is 10.5. The Morgan fingerprint density at radius 2 is 2.06 bits per heavy atom. The summed E-state index contributed by atoms with van der Waals surface area (Å²) in [6.07, 6.45) is 2.95. The molecule has 0 radical (unpaired) electrons. The van der Waals surface area contributed by atoms with Gasteiger partial charge in [-0.2, -0.15) is 0 Å². The topological polar surface area (TPSA) is 45.0 Å². The summed E-state index contributed by atoms with van der Waals surface area (Å²) < 4.78 is 0. The summed E-state index contributed by atoms with van der Waals surface area (Å²) >= 11 is 0. The number of aromatic nitrogens is 1. The number of aryl methyl sites for hydroxylation is 1.